The lowest BCUT2D eigenvalue weighted by Gasteiger charge is -2.17. The molecule has 2 rings (SSSR count). The molecule has 3 nitrogen and oxygen atoms in total. The summed E-state index contributed by atoms with van der Waals surface area (Å²) in [6.45, 7) is 5.52. The predicted octanol–water partition coefficient (Wildman–Crippen LogP) is 4.41. The molecule has 3 heteroatoms. The first-order valence-electron chi connectivity index (χ1n) is 7.14. The van der Waals surface area contributed by atoms with Crippen LogP contribution in [0.15, 0.2) is 54.6 Å². The second-order valence-corrected chi connectivity index (χ2v) is 6.04. The Balaban J connectivity index is 2.06. The lowest BCUT2D eigenvalue weighted by Crippen LogP contribution is -2.22. The summed E-state index contributed by atoms with van der Waals surface area (Å²) >= 11 is 0. The van der Waals surface area contributed by atoms with Gasteiger partial charge in [-0.25, -0.2) is 4.79 Å². The molecule has 0 aliphatic carbocycles. The van der Waals surface area contributed by atoms with Gasteiger partial charge in [0, 0.05) is 6.08 Å². The molecule has 0 fully saturated rings. The normalized spacial score (nSPS) is 11.6. The number of esters is 1. The highest BCUT2D eigenvalue weighted by molar-refractivity contribution is 5.87. The third-order valence-electron chi connectivity index (χ3n) is 2.93. The number of hydrogen-bond acceptors (Lipinski definition) is 3. The summed E-state index contributed by atoms with van der Waals surface area (Å²) in [5, 5.41) is 9.30. The molecule has 0 atom stereocenters. The first-order chi connectivity index (χ1) is 10.3. The molecule has 22 heavy (non-hydrogen) atoms. The monoisotopic (exact) mass is 296 g/mol. The average Bonchev–Trinajstić information content (AvgIpc) is 2.45. The van der Waals surface area contributed by atoms with E-state index >= 15 is 0 Å². The number of benzene rings is 2. The van der Waals surface area contributed by atoms with Crippen LogP contribution in [0.25, 0.3) is 17.2 Å². The Morgan fingerprint density at radius 2 is 1.45 bits per heavy atom. The van der Waals surface area contributed by atoms with Gasteiger partial charge in [-0.3, -0.25) is 0 Å². The summed E-state index contributed by atoms with van der Waals surface area (Å²) in [6, 6.07) is 14.9. The van der Waals surface area contributed by atoms with Crippen LogP contribution in [-0.4, -0.2) is 16.7 Å². The lowest BCUT2D eigenvalue weighted by atomic mass is 10.0. The summed E-state index contributed by atoms with van der Waals surface area (Å²) in [5.74, 6) is -0.101. The van der Waals surface area contributed by atoms with Gasteiger partial charge < -0.3 is 9.84 Å². The Bertz CT molecular complexity index is 659. The van der Waals surface area contributed by atoms with Gasteiger partial charge in [-0.05, 0) is 55.7 Å². The molecule has 0 bridgehead atoms. The first-order valence-corrected chi connectivity index (χ1v) is 7.14. The number of phenolic OH excluding ortho intramolecular Hbond substituents is 1. The SMILES string of the molecule is CC(C)(C)OC(=O)/C=C/c1ccc(-c2ccc(O)cc2)cc1. The van der Waals surface area contributed by atoms with Gasteiger partial charge in [-0.1, -0.05) is 36.4 Å². The van der Waals surface area contributed by atoms with Crippen molar-refractivity contribution in [2.24, 2.45) is 0 Å². The molecule has 0 unspecified atom stereocenters. The predicted molar refractivity (Wildman–Crippen MR) is 88.4 cm³/mol. The van der Waals surface area contributed by atoms with Crippen LogP contribution in [0.5, 0.6) is 5.75 Å². The summed E-state index contributed by atoms with van der Waals surface area (Å²) < 4.78 is 5.21. The van der Waals surface area contributed by atoms with Crippen molar-refractivity contribution in [1.82, 2.24) is 0 Å². The Morgan fingerprint density at radius 1 is 0.955 bits per heavy atom. The summed E-state index contributed by atoms with van der Waals surface area (Å²) in [4.78, 5) is 11.6. The number of rotatable bonds is 3. The van der Waals surface area contributed by atoms with Crippen molar-refractivity contribution in [3.05, 3.63) is 60.2 Å². The maximum absolute atomic E-state index is 11.6. The summed E-state index contributed by atoms with van der Waals surface area (Å²) in [5.41, 5.74) is 2.52. The van der Waals surface area contributed by atoms with Crippen LogP contribution in [0.2, 0.25) is 0 Å². The molecule has 0 amide bonds. The van der Waals surface area contributed by atoms with E-state index < -0.39 is 5.60 Å². The van der Waals surface area contributed by atoms with E-state index in [1.165, 1.54) is 6.08 Å². The average molecular weight is 296 g/mol. The Morgan fingerprint density at radius 3 is 1.95 bits per heavy atom. The van der Waals surface area contributed by atoms with E-state index in [-0.39, 0.29) is 11.7 Å². The van der Waals surface area contributed by atoms with Crippen LogP contribution in [0, 0.1) is 0 Å². The highest BCUT2D eigenvalue weighted by Crippen LogP contribution is 2.22. The smallest absolute Gasteiger partial charge is 0.331 e. The minimum atomic E-state index is -0.482. The quantitative estimate of drug-likeness (QED) is 0.674. The zero-order valence-electron chi connectivity index (χ0n) is 13.0. The van der Waals surface area contributed by atoms with Crippen molar-refractivity contribution < 1.29 is 14.6 Å². The number of carbonyl (C=O) groups excluding carboxylic acids is 1. The maximum Gasteiger partial charge on any atom is 0.331 e. The van der Waals surface area contributed by atoms with Gasteiger partial charge in [-0.15, -0.1) is 0 Å². The van der Waals surface area contributed by atoms with Crippen LogP contribution in [-0.2, 0) is 9.53 Å². The van der Waals surface area contributed by atoms with Gasteiger partial charge in [0.15, 0.2) is 0 Å². The van der Waals surface area contributed by atoms with E-state index in [4.69, 9.17) is 4.74 Å². The molecule has 0 saturated carbocycles. The topological polar surface area (TPSA) is 46.5 Å². The minimum absolute atomic E-state index is 0.251. The van der Waals surface area contributed by atoms with E-state index in [1.807, 2.05) is 57.2 Å². The van der Waals surface area contributed by atoms with Gasteiger partial charge in [0.2, 0.25) is 0 Å². The fourth-order valence-corrected chi connectivity index (χ4v) is 1.94. The minimum Gasteiger partial charge on any atom is -0.508 e. The highest BCUT2D eigenvalue weighted by Gasteiger charge is 2.13. The number of carbonyl (C=O) groups is 1. The number of ether oxygens (including phenoxy) is 1. The molecular formula is C19H20O3. The second kappa shape index (κ2) is 6.48. The summed E-state index contributed by atoms with van der Waals surface area (Å²) in [6.07, 6.45) is 3.16. The molecule has 2 aromatic carbocycles. The molecule has 1 N–H and O–H groups in total. The first kappa shape index (κ1) is 15.8. The third-order valence-corrected chi connectivity index (χ3v) is 2.93. The molecule has 0 spiro atoms. The number of phenols is 1. The fourth-order valence-electron chi connectivity index (χ4n) is 1.94. The molecule has 0 radical (unpaired) electrons. The van der Waals surface area contributed by atoms with Gasteiger partial charge in [0.05, 0.1) is 0 Å². The van der Waals surface area contributed by atoms with Crippen LogP contribution in [0.4, 0.5) is 0 Å². The molecular weight excluding hydrogens is 276 g/mol. The largest absolute Gasteiger partial charge is 0.508 e. The van der Waals surface area contributed by atoms with E-state index in [2.05, 4.69) is 0 Å². The van der Waals surface area contributed by atoms with Gasteiger partial charge in [-0.2, -0.15) is 0 Å². The second-order valence-electron chi connectivity index (χ2n) is 6.04. The molecule has 0 aromatic heterocycles. The van der Waals surface area contributed by atoms with Crippen LogP contribution in [0.1, 0.15) is 26.3 Å². The van der Waals surface area contributed by atoms with Gasteiger partial charge in [0.1, 0.15) is 11.4 Å². The molecule has 0 aliphatic heterocycles. The number of aromatic hydroxyl groups is 1. The molecule has 2 aromatic rings. The molecule has 0 saturated heterocycles. The van der Waals surface area contributed by atoms with Crippen molar-refractivity contribution in [3.63, 3.8) is 0 Å². The molecule has 114 valence electrons. The highest BCUT2D eigenvalue weighted by atomic mass is 16.6. The Kier molecular flexibility index (Phi) is 4.66. The summed E-state index contributed by atoms with van der Waals surface area (Å²) in [7, 11) is 0. The molecule has 0 heterocycles. The fraction of sp³-hybridized carbons (Fsp3) is 0.211. The standard InChI is InChI=1S/C19H20O3/c1-19(2,3)22-18(21)13-6-14-4-7-15(8-5-14)16-9-11-17(20)12-10-16/h4-13,20H,1-3H3/b13-6+. The Hall–Kier alpha value is -2.55. The van der Waals surface area contributed by atoms with Crippen molar-refractivity contribution in [3.8, 4) is 16.9 Å². The number of hydrogen-bond donors (Lipinski definition) is 1. The van der Waals surface area contributed by atoms with Crippen molar-refractivity contribution in [2.45, 2.75) is 26.4 Å². The van der Waals surface area contributed by atoms with E-state index in [0.717, 1.165) is 16.7 Å². The van der Waals surface area contributed by atoms with Crippen LogP contribution in [0.3, 0.4) is 0 Å². The van der Waals surface area contributed by atoms with Gasteiger partial charge in [0.25, 0.3) is 0 Å². The maximum atomic E-state index is 11.6. The van der Waals surface area contributed by atoms with Gasteiger partial charge >= 0.3 is 5.97 Å². The lowest BCUT2D eigenvalue weighted by molar-refractivity contribution is -0.148. The Labute approximate surface area is 130 Å². The zero-order chi connectivity index (χ0) is 16.2. The molecule has 0 aliphatic rings. The van der Waals surface area contributed by atoms with E-state index in [9.17, 15) is 9.90 Å². The van der Waals surface area contributed by atoms with E-state index in [0.29, 0.717) is 0 Å². The third kappa shape index (κ3) is 4.77. The van der Waals surface area contributed by atoms with Crippen molar-refractivity contribution in [2.75, 3.05) is 0 Å². The zero-order valence-corrected chi connectivity index (χ0v) is 13.0. The van der Waals surface area contributed by atoms with Crippen molar-refractivity contribution >= 4 is 12.0 Å². The van der Waals surface area contributed by atoms with Crippen LogP contribution >= 0.6 is 0 Å². The van der Waals surface area contributed by atoms with Crippen molar-refractivity contribution in [1.29, 1.82) is 0 Å². The van der Waals surface area contributed by atoms with E-state index in [1.54, 1.807) is 18.2 Å². The van der Waals surface area contributed by atoms with Crippen LogP contribution < -0.4 is 0 Å².